The Morgan fingerprint density at radius 1 is 1.04 bits per heavy atom. The van der Waals surface area contributed by atoms with E-state index in [0.717, 1.165) is 11.1 Å². The van der Waals surface area contributed by atoms with Crippen molar-refractivity contribution in [2.24, 2.45) is 0 Å². The number of phenols is 1. The van der Waals surface area contributed by atoms with E-state index in [1.54, 1.807) is 12.1 Å². The first-order valence-electron chi connectivity index (χ1n) is 8.97. The van der Waals surface area contributed by atoms with Gasteiger partial charge in [0.2, 0.25) is 5.91 Å². The smallest absolute Gasteiger partial charge is 0.220 e. The van der Waals surface area contributed by atoms with Crippen molar-refractivity contribution in [3.05, 3.63) is 78.9 Å². The van der Waals surface area contributed by atoms with Crippen LogP contribution < -0.4 is 5.32 Å². The molecule has 0 aliphatic rings. The largest absolute Gasteiger partial charge is 0.508 e. The zero-order valence-corrected chi connectivity index (χ0v) is 15.6. The molecule has 5 heteroatoms. The summed E-state index contributed by atoms with van der Waals surface area (Å²) in [6.07, 6.45) is 1.70. The standard InChI is InChI=1S/C20H25NO4.C2H4/c22-12-13-25-15-18(14-17-6-9-19(23)10-7-17)21-20(24)11-8-16-4-2-1-3-5-16;1-2/h1-7,9-10,18,22-23H,8,11-15H2,(H,21,24);1-2H2/t18-;/m1./s1. The fraction of sp³-hybridized carbons (Fsp3) is 0.318. The quantitative estimate of drug-likeness (QED) is 0.443. The molecule has 5 nitrogen and oxygen atoms in total. The summed E-state index contributed by atoms with van der Waals surface area (Å²) in [5, 5.41) is 21.2. The number of ether oxygens (including phenoxy) is 1. The molecule has 2 aromatic rings. The lowest BCUT2D eigenvalue weighted by Crippen LogP contribution is -2.40. The van der Waals surface area contributed by atoms with Crippen molar-refractivity contribution in [2.45, 2.75) is 25.3 Å². The van der Waals surface area contributed by atoms with Gasteiger partial charge in [-0.25, -0.2) is 0 Å². The Labute approximate surface area is 161 Å². The highest BCUT2D eigenvalue weighted by atomic mass is 16.5. The summed E-state index contributed by atoms with van der Waals surface area (Å²) in [5.41, 5.74) is 2.13. The molecule has 0 aliphatic heterocycles. The van der Waals surface area contributed by atoms with Crippen LogP contribution in [0.2, 0.25) is 0 Å². The van der Waals surface area contributed by atoms with Crippen molar-refractivity contribution in [2.75, 3.05) is 19.8 Å². The van der Waals surface area contributed by atoms with Gasteiger partial charge in [-0.2, -0.15) is 0 Å². The van der Waals surface area contributed by atoms with Crippen LogP contribution in [0.15, 0.2) is 67.8 Å². The van der Waals surface area contributed by atoms with Crippen molar-refractivity contribution >= 4 is 5.91 Å². The monoisotopic (exact) mass is 371 g/mol. The molecule has 0 unspecified atom stereocenters. The number of rotatable bonds is 10. The molecule has 0 spiro atoms. The second-order valence-electron chi connectivity index (χ2n) is 5.92. The Hall–Kier alpha value is -2.63. The number of benzene rings is 2. The van der Waals surface area contributed by atoms with E-state index in [4.69, 9.17) is 9.84 Å². The van der Waals surface area contributed by atoms with Crippen LogP contribution in [0.5, 0.6) is 5.75 Å². The summed E-state index contributed by atoms with van der Waals surface area (Å²) in [6.45, 7) is 6.53. The van der Waals surface area contributed by atoms with Crippen LogP contribution in [0.25, 0.3) is 0 Å². The SMILES string of the molecule is C=C.O=C(CCc1ccccc1)N[C@@H](COCCO)Cc1ccc(O)cc1. The first-order valence-corrected chi connectivity index (χ1v) is 8.97. The maximum atomic E-state index is 12.2. The molecule has 2 aromatic carbocycles. The second-order valence-corrected chi connectivity index (χ2v) is 5.92. The van der Waals surface area contributed by atoms with E-state index in [1.165, 1.54) is 0 Å². The normalized spacial score (nSPS) is 11.1. The zero-order chi connectivity index (χ0) is 19.9. The third kappa shape index (κ3) is 9.58. The van der Waals surface area contributed by atoms with E-state index >= 15 is 0 Å². The molecule has 0 aromatic heterocycles. The van der Waals surface area contributed by atoms with Crippen molar-refractivity contribution in [1.29, 1.82) is 0 Å². The van der Waals surface area contributed by atoms with Crippen LogP contribution in [0.1, 0.15) is 17.5 Å². The summed E-state index contributed by atoms with van der Waals surface area (Å²) in [7, 11) is 0. The number of nitrogens with one attached hydrogen (secondary N) is 1. The zero-order valence-electron chi connectivity index (χ0n) is 15.6. The van der Waals surface area contributed by atoms with Crippen LogP contribution in [0.3, 0.4) is 0 Å². The Morgan fingerprint density at radius 2 is 1.70 bits per heavy atom. The molecule has 0 heterocycles. The Bertz CT molecular complexity index is 643. The van der Waals surface area contributed by atoms with Crippen molar-refractivity contribution in [3.63, 3.8) is 0 Å². The summed E-state index contributed by atoms with van der Waals surface area (Å²) >= 11 is 0. The maximum Gasteiger partial charge on any atom is 0.220 e. The number of aromatic hydroxyl groups is 1. The summed E-state index contributed by atoms with van der Waals surface area (Å²) < 4.78 is 5.39. The van der Waals surface area contributed by atoms with E-state index in [9.17, 15) is 9.90 Å². The Morgan fingerprint density at radius 3 is 2.33 bits per heavy atom. The van der Waals surface area contributed by atoms with Crippen LogP contribution >= 0.6 is 0 Å². The molecule has 0 fully saturated rings. The summed E-state index contributed by atoms with van der Waals surface area (Å²) in [4.78, 5) is 12.2. The predicted molar refractivity (Wildman–Crippen MR) is 108 cm³/mol. The van der Waals surface area contributed by atoms with Gasteiger partial charge >= 0.3 is 0 Å². The number of carbonyl (C=O) groups excluding carboxylic acids is 1. The fourth-order valence-electron chi connectivity index (χ4n) is 2.56. The number of aryl methyl sites for hydroxylation is 1. The minimum absolute atomic E-state index is 0.0276. The molecule has 1 amide bonds. The summed E-state index contributed by atoms with van der Waals surface area (Å²) in [5.74, 6) is 0.184. The van der Waals surface area contributed by atoms with Gasteiger partial charge in [-0.15, -0.1) is 13.2 Å². The average molecular weight is 371 g/mol. The van der Waals surface area contributed by atoms with Crippen molar-refractivity contribution in [3.8, 4) is 5.75 Å². The molecule has 0 aliphatic carbocycles. The first kappa shape index (κ1) is 22.4. The van der Waals surface area contributed by atoms with Gasteiger partial charge < -0.3 is 20.3 Å². The molecule has 0 radical (unpaired) electrons. The Balaban J connectivity index is 0.00000176. The van der Waals surface area contributed by atoms with Gasteiger partial charge in [-0.3, -0.25) is 4.79 Å². The molecular weight excluding hydrogens is 342 g/mol. The number of hydrogen-bond donors (Lipinski definition) is 3. The molecule has 27 heavy (non-hydrogen) atoms. The van der Waals surface area contributed by atoms with Crippen LogP contribution in [-0.2, 0) is 22.4 Å². The van der Waals surface area contributed by atoms with E-state index < -0.39 is 0 Å². The Kier molecular flexibility index (Phi) is 11.3. The number of aliphatic hydroxyl groups is 1. The van der Waals surface area contributed by atoms with Crippen molar-refractivity contribution in [1.82, 2.24) is 5.32 Å². The predicted octanol–water partition coefficient (Wildman–Crippen LogP) is 2.86. The molecule has 0 saturated carbocycles. The molecule has 146 valence electrons. The van der Waals surface area contributed by atoms with Crippen LogP contribution in [-0.4, -0.2) is 42.0 Å². The summed E-state index contributed by atoms with van der Waals surface area (Å²) in [6, 6.07) is 16.6. The highest BCUT2D eigenvalue weighted by molar-refractivity contribution is 5.76. The molecular formula is C22H29NO4. The van der Waals surface area contributed by atoms with Gasteiger partial charge in [0.1, 0.15) is 5.75 Å². The fourth-order valence-corrected chi connectivity index (χ4v) is 2.56. The van der Waals surface area contributed by atoms with Gasteiger partial charge in [-0.1, -0.05) is 42.5 Å². The minimum Gasteiger partial charge on any atom is -0.508 e. The third-order valence-electron chi connectivity index (χ3n) is 3.82. The van der Waals surface area contributed by atoms with E-state index in [0.29, 0.717) is 25.9 Å². The van der Waals surface area contributed by atoms with Gasteiger partial charge in [0.25, 0.3) is 0 Å². The van der Waals surface area contributed by atoms with E-state index in [2.05, 4.69) is 18.5 Å². The molecule has 3 N–H and O–H groups in total. The number of carbonyl (C=O) groups is 1. The third-order valence-corrected chi connectivity index (χ3v) is 3.82. The second kappa shape index (κ2) is 13.6. The average Bonchev–Trinajstić information content (AvgIpc) is 2.70. The highest BCUT2D eigenvalue weighted by Crippen LogP contribution is 2.12. The number of hydrogen-bond acceptors (Lipinski definition) is 4. The number of aliphatic hydroxyl groups excluding tert-OH is 1. The molecule has 0 saturated heterocycles. The van der Waals surface area contributed by atoms with Gasteiger partial charge in [0, 0.05) is 6.42 Å². The van der Waals surface area contributed by atoms with Gasteiger partial charge in [0.05, 0.1) is 25.9 Å². The lowest BCUT2D eigenvalue weighted by molar-refractivity contribution is -0.122. The van der Waals surface area contributed by atoms with E-state index in [1.807, 2.05) is 42.5 Å². The maximum absolute atomic E-state index is 12.2. The van der Waals surface area contributed by atoms with Crippen molar-refractivity contribution < 1.29 is 19.7 Å². The van der Waals surface area contributed by atoms with Crippen LogP contribution in [0.4, 0.5) is 0 Å². The number of phenolic OH excluding ortho intramolecular Hbond substituents is 1. The van der Waals surface area contributed by atoms with E-state index in [-0.39, 0.29) is 30.9 Å². The first-order chi connectivity index (χ1) is 13.2. The molecule has 2 rings (SSSR count). The van der Waals surface area contributed by atoms with Crippen LogP contribution in [0, 0.1) is 0 Å². The molecule has 0 bridgehead atoms. The lowest BCUT2D eigenvalue weighted by atomic mass is 10.1. The van der Waals surface area contributed by atoms with Gasteiger partial charge in [0.15, 0.2) is 0 Å². The minimum atomic E-state index is -0.181. The number of amides is 1. The highest BCUT2D eigenvalue weighted by Gasteiger charge is 2.14. The van der Waals surface area contributed by atoms with Gasteiger partial charge in [-0.05, 0) is 36.1 Å². The lowest BCUT2D eigenvalue weighted by Gasteiger charge is -2.19. The molecule has 1 atom stereocenters. The topological polar surface area (TPSA) is 78.8 Å².